The molecule has 0 fully saturated rings. The van der Waals surface area contributed by atoms with E-state index in [1.807, 2.05) is 48.5 Å². The zero-order chi connectivity index (χ0) is 10.3. The molecule has 0 saturated heterocycles. The third-order valence-corrected chi connectivity index (χ3v) is 2.52. The number of nitrogens with zero attached hydrogens (tertiary/aromatic N) is 1. The van der Waals surface area contributed by atoms with E-state index in [-0.39, 0.29) is 0 Å². The molecule has 0 amide bonds. The van der Waals surface area contributed by atoms with Gasteiger partial charge in [0.15, 0.2) is 0 Å². The fourth-order valence-corrected chi connectivity index (χ4v) is 1.79. The van der Waals surface area contributed by atoms with Gasteiger partial charge in [0.2, 0.25) is 0 Å². The van der Waals surface area contributed by atoms with Crippen LogP contribution in [0.15, 0.2) is 48.5 Å². The molecule has 0 spiro atoms. The van der Waals surface area contributed by atoms with Gasteiger partial charge in [-0.3, -0.25) is 0 Å². The van der Waals surface area contributed by atoms with Crippen LogP contribution in [0.2, 0.25) is 0 Å². The molecule has 0 aliphatic carbocycles. The number of hydrogen-bond donors (Lipinski definition) is 1. The Labute approximate surface area is 87.5 Å². The van der Waals surface area contributed by atoms with Crippen molar-refractivity contribution in [1.29, 1.82) is 0 Å². The van der Waals surface area contributed by atoms with E-state index in [0.717, 1.165) is 16.4 Å². The van der Waals surface area contributed by atoms with E-state index in [2.05, 4.69) is 5.32 Å². The van der Waals surface area contributed by atoms with Crippen molar-refractivity contribution in [2.45, 2.75) is 0 Å². The van der Waals surface area contributed by atoms with Crippen LogP contribution in [0.1, 0.15) is 0 Å². The first-order valence-corrected chi connectivity index (χ1v) is 4.78. The molecule has 3 heteroatoms. The maximum Gasteiger partial charge on any atom is 0.0618 e. The highest BCUT2D eigenvalue weighted by Gasteiger charge is 2.14. The molecule has 1 aliphatic heterocycles. The van der Waals surface area contributed by atoms with Crippen LogP contribution in [-0.4, -0.2) is 0 Å². The van der Waals surface area contributed by atoms with Crippen LogP contribution in [0, 0.1) is 5.21 Å². The second-order valence-corrected chi connectivity index (χ2v) is 3.45. The molecule has 0 bridgehead atoms. The van der Waals surface area contributed by atoms with E-state index in [4.69, 9.17) is 0 Å². The molecular weight excluding hydrogens is 188 g/mol. The van der Waals surface area contributed by atoms with E-state index in [0.29, 0.717) is 11.4 Å². The molecule has 3 nitrogen and oxygen atoms in total. The first kappa shape index (κ1) is 8.32. The minimum Gasteiger partial charge on any atom is -0.754 e. The van der Waals surface area contributed by atoms with Crippen molar-refractivity contribution in [2.24, 2.45) is 0 Å². The standard InChI is InChI=1S/C12H9N2O/c15-14-11-7-3-1-5-9(11)13-10-6-2-4-8-12(10)14/h1-8,13H/q-1. The summed E-state index contributed by atoms with van der Waals surface area (Å²) in [4.78, 5) is 0. The van der Waals surface area contributed by atoms with Gasteiger partial charge in [0.25, 0.3) is 0 Å². The van der Waals surface area contributed by atoms with Crippen LogP contribution < -0.4 is 10.4 Å². The number of rotatable bonds is 0. The monoisotopic (exact) mass is 197 g/mol. The Morgan fingerprint density at radius 2 is 1.27 bits per heavy atom. The maximum absolute atomic E-state index is 12.0. The summed E-state index contributed by atoms with van der Waals surface area (Å²) in [7, 11) is 0. The number of para-hydroxylation sites is 4. The number of nitrogens with one attached hydrogen (secondary N) is 1. The van der Waals surface area contributed by atoms with E-state index in [9.17, 15) is 5.21 Å². The molecule has 2 aromatic rings. The van der Waals surface area contributed by atoms with Crippen LogP contribution in [0.3, 0.4) is 0 Å². The quantitative estimate of drug-likeness (QED) is 0.703. The normalized spacial score (nSPS) is 12.7. The minimum atomic E-state index is 0.663. The molecule has 0 unspecified atom stereocenters. The maximum atomic E-state index is 12.0. The summed E-state index contributed by atoms with van der Waals surface area (Å²) in [6.45, 7) is 0. The highest BCUT2D eigenvalue weighted by atomic mass is 16.5. The van der Waals surface area contributed by atoms with Crippen molar-refractivity contribution in [3.05, 3.63) is 53.7 Å². The lowest BCUT2D eigenvalue weighted by Crippen LogP contribution is -2.15. The van der Waals surface area contributed by atoms with E-state index < -0.39 is 0 Å². The van der Waals surface area contributed by atoms with Gasteiger partial charge >= 0.3 is 0 Å². The van der Waals surface area contributed by atoms with Gasteiger partial charge in [0.05, 0.1) is 22.7 Å². The highest BCUT2D eigenvalue weighted by molar-refractivity contribution is 5.91. The highest BCUT2D eigenvalue weighted by Crippen LogP contribution is 2.42. The smallest absolute Gasteiger partial charge is 0.0618 e. The molecular formula is C12H9N2O-. The Morgan fingerprint density at radius 1 is 0.800 bits per heavy atom. The van der Waals surface area contributed by atoms with Gasteiger partial charge in [0.1, 0.15) is 0 Å². The van der Waals surface area contributed by atoms with Crippen molar-refractivity contribution < 1.29 is 0 Å². The summed E-state index contributed by atoms with van der Waals surface area (Å²) < 4.78 is 0. The Kier molecular flexibility index (Phi) is 1.66. The average Bonchev–Trinajstić information content (AvgIpc) is 2.30. The van der Waals surface area contributed by atoms with Crippen molar-refractivity contribution in [3.8, 4) is 0 Å². The van der Waals surface area contributed by atoms with E-state index in [1.165, 1.54) is 0 Å². The second kappa shape index (κ2) is 3.00. The summed E-state index contributed by atoms with van der Waals surface area (Å²) in [5.74, 6) is 0. The Morgan fingerprint density at radius 3 is 1.80 bits per heavy atom. The van der Waals surface area contributed by atoms with Crippen molar-refractivity contribution in [2.75, 3.05) is 10.4 Å². The molecule has 0 radical (unpaired) electrons. The average molecular weight is 197 g/mol. The predicted molar refractivity (Wildman–Crippen MR) is 61.7 cm³/mol. The molecule has 2 aromatic carbocycles. The van der Waals surface area contributed by atoms with Crippen LogP contribution in [0.25, 0.3) is 0 Å². The first-order chi connectivity index (χ1) is 7.36. The molecule has 15 heavy (non-hydrogen) atoms. The summed E-state index contributed by atoms with van der Waals surface area (Å²) in [6.07, 6.45) is 0. The van der Waals surface area contributed by atoms with Gasteiger partial charge in [0, 0.05) is 0 Å². The summed E-state index contributed by atoms with van der Waals surface area (Å²) in [5, 5.41) is 16.2. The zero-order valence-corrected chi connectivity index (χ0v) is 7.97. The zero-order valence-electron chi connectivity index (χ0n) is 7.97. The molecule has 0 atom stereocenters. The van der Waals surface area contributed by atoms with Gasteiger partial charge in [-0.15, -0.1) is 0 Å². The van der Waals surface area contributed by atoms with Crippen LogP contribution in [0.4, 0.5) is 22.7 Å². The summed E-state index contributed by atoms with van der Waals surface area (Å²) in [5.41, 5.74) is 3.03. The van der Waals surface area contributed by atoms with Crippen molar-refractivity contribution in [3.63, 3.8) is 0 Å². The molecule has 1 heterocycles. The number of benzene rings is 2. The predicted octanol–water partition coefficient (Wildman–Crippen LogP) is 3.38. The topological polar surface area (TPSA) is 38.3 Å². The Hall–Kier alpha value is -2.00. The molecule has 74 valence electrons. The first-order valence-electron chi connectivity index (χ1n) is 4.78. The van der Waals surface area contributed by atoms with Gasteiger partial charge in [-0.1, -0.05) is 24.3 Å². The van der Waals surface area contributed by atoms with Crippen molar-refractivity contribution >= 4 is 22.7 Å². The number of fused-ring (bicyclic) bond motifs is 2. The fourth-order valence-electron chi connectivity index (χ4n) is 1.79. The van der Waals surface area contributed by atoms with Gasteiger partial charge < -0.3 is 15.6 Å². The molecule has 0 aromatic heterocycles. The minimum absolute atomic E-state index is 0.663. The lowest BCUT2D eigenvalue weighted by molar-refractivity contribution is 1.26. The largest absolute Gasteiger partial charge is 0.754 e. The second-order valence-electron chi connectivity index (χ2n) is 3.45. The van der Waals surface area contributed by atoms with E-state index >= 15 is 0 Å². The Balaban J connectivity index is 2.20. The van der Waals surface area contributed by atoms with E-state index in [1.54, 1.807) is 0 Å². The molecule has 0 saturated carbocycles. The number of hydrogen-bond acceptors (Lipinski definition) is 3. The molecule has 1 aliphatic rings. The Bertz CT molecular complexity index is 465. The SMILES string of the molecule is [O-]N1c2ccccc2Nc2ccccc21. The molecule has 3 rings (SSSR count). The summed E-state index contributed by atoms with van der Waals surface area (Å²) >= 11 is 0. The molecule has 1 N–H and O–H groups in total. The van der Waals surface area contributed by atoms with Crippen LogP contribution in [-0.2, 0) is 0 Å². The fraction of sp³-hybridized carbons (Fsp3) is 0. The van der Waals surface area contributed by atoms with Crippen LogP contribution >= 0.6 is 0 Å². The lowest BCUT2D eigenvalue weighted by Gasteiger charge is -2.38. The van der Waals surface area contributed by atoms with Gasteiger partial charge in [-0.25, -0.2) is 0 Å². The lowest BCUT2D eigenvalue weighted by atomic mass is 10.1. The summed E-state index contributed by atoms with van der Waals surface area (Å²) in [6, 6.07) is 15.0. The number of anilines is 4. The van der Waals surface area contributed by atoms with Gasteiger partial charge in [-0.2, -0.15) is 0 Å². The third-order valence-electron chi connectivity index (χ3n) is 2.52. The van der Waals surface area contributed by atoms with Crippen molar-refractivity contribution in [1.82, 2.24) is 0 Å². The third kappa shape index (κ3) is 1.17. The van der Waals surface area contributed by atoms with Gasteiger partial charge in [-0.05, 0) is 24.3 Å². The van der Waals surface area contributed by atoms with Crippen LogP contribution in [0.5, 0.6) is 0 Å².